The fourth-order valence-electron chi connectivity index (χ4n) is 4.25. The maximum Gasteiger partial charge on any atom is 0.193 e. The van der Waals surface area contributed by atoms with Gasteiger partial charge in [0.25, 0.3) is 0 Å². The van der Waals surface area contributed by atoms with Crippen molar-refractivity contribution < 1.29 is 8.78 Å². The molecular weight excluding hydrogens is 358 g/mol. The van der Waals surface area contributed by atoms with Gasteiger partial charge in [0.05, 0.1) is 0 Å². The molecular formula is C22H34F2N4. The van der Waals surface area contributed by atoms with Gasteiger partial charge >= 0.3 is 0 Å². The maximum absolute atomic E-state index is 13.5. The maximum atomic E-state index is 13.5. The van der Waals surface area contributed by atoms with Crippen LogP contribution in [-0.2, 0) is 0 Å². The van der Waals surface area contributed by atoms with Crippen molar-refractivity contribution in [3.63, 3.8) is 0 Å². The minimum Gasteiger partial charge on any atom is -0.357 e. The van der Waals surface area contributed by atoms with Gasteiger partial charge in [0.1, 0.15) is 0 Å². The zero-order valence-corrected chi connectivity index (χ0v) is 17.3. The van der Waals surface area contributed by atoms with Gasteiger partial charge in [-0.25, -0.2) is 8.78 Å². The quantitative estimate of drug-likeness (QED) is 0.589. The van der Waals surface area contributed by atoms with Crippen LogP contribution in [0.1, 0.15) is 51.0 Å². The van der Waals surface area contributed by atoms with Crippen molar-refractivity contribution in [3.05, 3.63) is 35.4 Å². The summed E-state index contributed by atoms with van der Waals surface area (Å²) in [6.45, 7) is 11.2. The zero-order valence-electron chi connectivity index (χ0n) is 17.3. The Balaban J connectivity index is 1.56. The first-order valence-corrected chi connectivity index (χ1v) is 10.8. The molecule has 2 aliphatic rings. The summed E-state index contributed by atoms with van der Waals surface area (Å²) >= 11 is 0. The normalized spacial score (nSPS) is 22.5. The highest BCUT2D eigenvalue weighted by Crippen LogP contribution is 2.21. The predicted molar refractivity (Wildman–Crippen MR) is 111 cm³/mol. The summed E-state index contributed by atoms with van der Waals surface area (Å²) in [6.07, 6.45) is 5.26. The van der Waals surface area contributed by atoms with E-state index >= 15 is 0 Å². The Hall–Kier alpha value is -1.69. The number of piperidine rings is 1. The topological polar surface area (TPSA) is 30.9 Å². The summed E-state index contributed by atoms with van der Waals surface area (Å²) in [5.41, 5.74) is 0.780. The summed E-state index contributed by atoms with van der Waals surface area (Å²) in [7, 11) is 0. The fourth-order valence-corrected chi connectivity index (χ4v) is 4.25. The number of nitrogens with zero attached hydrogens (tertiary/aromatic N) is 3. The van der Waals surface area contributed by atoms with Crippen molar-refractivity contribution in [1.82, 2.24) is 15.1 Å². The van der Waals surface area contributed by atoms with Gasteiger partial charge in [-0.05, 0) is 62.9 Å². The van der Waals surface area contributed by atoms with Crippen LogP contribution < -0.4 is 5.32 Å². The molecule has 2 aliphatic heterocycles. The van der Waals surface area contributed by atoms with E-state index in [1.807, 2.05) is 6.92 Å². The van der Waals surface area contributed by atoms with Crippen molar-refractivity contribution in [3.8, 4) is 0 Å². The molecule has 0 bridgehead atoms. The molecule has 2 unspecified atom stereocenters. The van der Waals surface area contributed by atoms with Gasteiger partial charge in [0.15, 0.2) is 17.6 Å². The molecule has 4 nitrogen and oxygen atoms in total. The first kappa shape index (κ1) is 21.0. The number of likely N-dealkylation sites (tertiary alicyclic amines) is 2. The highest BCUT2D eigenvalue weighted by molar-refractivity contribution is 5.80. The van der Waals surface area contributed by atoms with Crippen LogP contribution in [-0.4, -0.2) is 61.6 Å². The third-order valence-electron chi connectivity index (χ3n) is 5.91. The molecule has 0 amide bonds. The molecule has 28 heavy (non-hydrogen) atoms. The third kappa shape index (κ3) is 5.66. The Labute approximate surface area is 168 Å². The molecule has 2 saturated heterocycles. The van der Waals surface area contributed by atoms with Crippen molar-refractivity contribution in [1.29, 1.82) is 0 Å². The second kappa shape index (κ2) is 10.2. The Morgan fingerprint density at radius 2 is 1.96 bits per heavy atom. The lowest BCUT2D eigenvalue weighted by Crippen LogP contribution is -2.41. The van der Waals surface area contributed by atoms with Crippen LogP contribution in [0.4, 0.5) is 8.78 Å². The number of guanidine groups is 1. The van der Waals surface area contributed by atoms with E-state index in [0.717, 1.165) is 31.2 Å². The Bertz CT molecular complexity index is 658. The summed E-state index contributed by atoms with van der Waals surface area (Å²) < 4.78 is 26.7. The Morgan fingerprint density at radius 1 is 1.18 bits per heavy atom. The SMILES string of the molecule is CCNC(=NCC(C)c1ccc(F)c(F)c1)N1CCC(CN2CCCCC2)C1. The van der Waals surface area contributed by atoms with Crippen LogP contribution in [0.15, 0.2) is 23.2 Å². The number of nitrogens with one attached hydrogen (secondary N) is 1. The minimum absolute atomic E-state index is 0.0375. The molecule has 6 heteroatoms. The Morgan fingerprint density at radius 3 is 2.68 bits per heavy atom. The average molecular weight is 393 g/mol. The van der Waals surface area contributed by atoms with Gasteiger partial charge in [-0.15, -0.1) is 0 Å². The molecule has 0 aromatic heterocycles. The highest BCUT2D eigenvalue weighted by atomic mass is 19.2. The van der Waals surface area contributed by atoms with Crippen LogP contribution >= 0.6 is 0 Å². The second-order valence-corrected chi connectivity index (χ2v) is 8.23. The van der Waals surface area contributed by atoms with Gasteiger partial charge < -0.3 is 15.1 Å². The number of benzene rings is 1. The zero-order chi connectivity index (χ0) is 19.9. The molecule has 1 aromatic carbocycles. The van der Waals surface area contributed by atoms with Crippen molar-refractivity contribution >= 4 is 5.96 Å². The number of hydrogen-bond acceptors (Lipinski definition) is 2. The lowest BCUT2D eigenvalue weighted by Gasteiger charge is -2.29. The number of hydrogen-bond donors (Lipinski definition) is 1. The summed E-state index contributed by atoms with van der Waals surface area (Å²) in [6, 6.07) is 4.13. The molecule has 1 aromatic rings. The third-order valence-corrected chi connectivity index (χ3v) is 5.91. The van der Waals surface area contributed by atoms with Crippen LogP contribution in [0.2, 0.25) is 0 Å². The van der Waals surface area contributed by atoms with Crippen molar-refractivity contribution in [2.24, 2.45) is 10.9 Å². The first-order valence-electron chi connectivity index (χ1n) is 10.8. The Kier molecular flexibility index (Phi) is 7.65. The molecule has 2 heterocycles. The van der Waals surface area contributed by atoms with Gasteiger partial charge in [0.2, 0.25) is 0 Å². The van der Waals surface area contributed by atoms with Gasteiger partial charge in [-0.2, -0.15) is 0 Å². The molecule has 0 saturated carbocycles. The van der Waals surface area contributed by atoms with Crippen LogP contribution in [0.3, 0.4) is 0 Å². The number of rotatable bonds is 6. The molecule has 1 N–H and O–H groups in total. The predicted octanol–water partition coefficient (Wildman–Crippen LogP) is 3.84. The van der Waals surface area contributed by atoms with E-state index in [4.69, 9.17) is 4.99 Å². The van der Waals surface area contributed by atoms with E-state index in [2.05, 4.69) is 22.0 Å². The van der Waals surface area contributed by atoms with E-state index in [9.17, 15) is 8.78 Å². The monoisotopic (exact) mass is 392 g/mol. The lowest BCUT2D eigenvalue weighted by atomic mass is 10.0. The van der Waals surface area contributed by atoms with Crippen LogP contribution in [0.5, 0.6) is 0 Å². The van der Waals surface area contributed by atoms with Gasteiger partial charge in [0, 0.05) is 38.6 Å². The lowest BCUT2D eigenvalue weighted by molar-refractivity contribution is 0.198. The van der Waals surface area contributed by atoms with E-state index in [0.29, 0.717) is 12.5 Å². The standard InChI is InChI=1S/C22H34F2N4/c1-3-25-22(26-14-17(2)19-7-8-20(23)21(24)13-19)28-12-9-18(16-28)15-27-10-5-4-6-11-27/h7-8,13,17-18H,3-6,9-12,14-16H2,1-2H3,(H,25,26). The summed E-state index contributed by atoms with van der Waals surface area (Å²) in [5, 5.41) is 3.40. The largest absolute Gasteiger partial charge is 0.357 e. The summed E-state index contributed by atoms with van der Waals surface area (Å²) in [5.74, 6) is 0.0871. The average Bonchev–Trinajstić information content (AvgIpc) is 3.16. The van der Waals surface area contributed by atoms with E-state index in [-0.39, 0.29) is 5.92 Å². The minimum atomic E-state index is -0.801. The van der Waals surface area contributed by atoms with Crippen LogP contribution in [0.25, 0.3) is 0 Å². The second-order valence-electron chi connectivity index (χ2n) is 8.23. The molecule has 0 aliphatic carbocycles. The van der Waals surface area contributed by atoms with Crippen molar-refractivity contribution in [2.75, 3.05) is 45.8 Å². The van der Waals surface area contributed by atoms with E-state index in [1.165, 1.54) is 57.5 Å². The molecule has 3 rings (SSSR count). The first-order chi connectivity index (χ1) is 13.6. The number of halogens is 2. The fraction of sp³-hybridized carbons (Fsp3) is 0.682. The molecule has 0 radical (unpaired) electrons. The van der Waals surface area contributed by atoms with E-state index < -0.39 is 11.6 Å². The molecule has 0 spiro atoms. The van der Waals surface area contributed by atoms with Gasteiger partial charge in [-0.1, -0.05) is 19.4 Å². The smallest absolute Gasteiger partial charge is 0.193 e. The van der Waals surface area contributed by atoms with Crippen molar-refractivity contribution in [2.45, 2.75) is 45.4 Å². The molecule has 2 atom stereocenters. The number of aliphatic imine (C=N–C) groups is 1. The highest BCUT2D eigenvalue weighted by Gasteiger charge is 2.27. The van der Waals surface area contributed by atoms with Gasteiger partial charge in [-0.3, -0.25) is 4.99 Å². The van der Waals surface area contributed by atoms with E-state index in [1.54, 1.807) is 6.07 Å². The summed E-state index contributed by atoms with van der Waals surface area (Å²) in [4.78, 5) is 9.78. The van der Waals surface area contributed by atoms with Crippen LogP contribution in [0, 0.1) is 17.6 Å². The molecule has 156 valence electrons. The molecule has 2 fully saturated rings.